The zero-order valence-corrected chi connectivity index (χ0v) is 16.4. The standard InChI is InChI=1S/C23H27N3O2/c1-17-5-7-18(8-6-17)15-22-23(27)26(14-13-25-11-3-2-4-12-25)20-10-9-19(24)16-21(20)28-22/h5-10,15-16H,2-4,11-14,24H2,1H3/b22-15+. The number of carbonyl (C=O) groups is 1. The van der Waals surface area contributed by atoms with Crippen LogP contribution in [0.2, 0.25) is 0 Å². The molecule has 0 radical (unpaired) electrons. The number of ether oxygens (including phenoxy) is 1. The first kappa shape index (κ1) is 18.6. The maximum atomic E-state index is 13.2. The van der Waals surface area contributed by atoms with Gasteiger partial charge in [0.1, 0.15) is 0 Å². The number of hydrogen-bond acceptors (Lipinski definition) is 4. The Morgan fingerprint density at radius 1 is 1.04 bits per heavy atom. The highest BCUT2D eigenvalue weighted by Crippen LogP contribution is 2.37. The van der Waals surface area contributed by atoms with Crippen molar-refractivity contribution in [2.75, 3.05) is 36.8 Å². The van der Waals surface area contributed by atoms with Gasteiger partial charge in [-0.25, -0.2) is 0 Å². The second-order valence-electron chi connectivity index (χ2n) is 7.61. The van der Waals surface area contributed by atoms with Crippen molar-refractivity contribution in [1.29, 1.82) is 0 Å². The molecule has 2 N–H and O–H groups in total. The molecular weight excluding hydrogens is 350 g/mol. The molecule has 0 saturated carbocycles. The molecule has 1 saturated heterocycles. The van der Waals surface area contributed by atoms with Crippen molar-refractivity contribution in [3.05, 3.63) is 59.4 Å². The number of benzene rings is 2. The fraction of sp³-hybridized carbons (Fsp3) is 0.348. The van der Waals surface area contributed by atoms with Gasteiger partial charge in [-0.1, -0.05) is 36.2 Å². The largest absolute Gasteiger partial charge is 0.449 e. The Morgan fingerprint density at radius 2 is 1.79 bits per heavy atom. The number of aryl methyl sites for hydroxylation is 1. The molecule has 2 aromatic rings. The third-order valence-corrected chi connectivity index (χ3v) is 5.41. The van der Waals surface area contributed by atoms with E-state index in [0.29, 0.717) is 23.7 Å². The van der Waals surface area contributed by atoms with E-state index in [1.54, 1.807) is 6.07 Å². The van der Waals surface area contributed by atoms with Crippen LogP contribution >= 0.6 is 0 Å². The molecule has 5 nitrogen and oxygen atoms in total. The van der Waals surface area contributed by atoms with Crippen LogP contribution in [0.1, 0.15) is 30.4 Å². The van der Waals surface area contributed by atoms with Crippen LogP contribution in [0.3, 0.4) is 0 Å². The Kier molecular flexibility index (Phi) is 5.35. The van der Waals surface area contributed by atoms with Crippen LogP contribution < -0.4 is 15.4 Å². The maximum Gasteiger partial charge on any atom is 0.294 e. The Labute approximate surface area is 166 Å². The van der Waals surface area contributed by atoms with Gasteiger partial charge in [0, 0.05) is 24.8 Å². The summed E-state index contributed by atoms with van der Waals surface area (Å²) in [4.78, 5) is 17.5. The minimum Gasteiger partial charge on any atom is -0.449 e. The molecule has 2 aromatic carbocycles. The SMILES string of the molecule is Cc1ccc(/C=C2/Oc3cc(N)ccc3N(CCN3CCCCC3)C2=O)cc1. The first-order valence-corrected chi connectivity index (χ1v) is 10.00. The monoisotopic (exact) mass is 377 g/mol. The molecule has 2 aliphatic rings. The highest BCUT2D eigenvalue weighted by molar-refractivity contribution is 6.10. The van der Waals surface area contributed by atoms with Crippen molar-refractivity contribution in [3.8, 4) is 5.75 Å². The van der Waals surface area contributed by atoms with Gasteiger partial charge in [0.15, 0.2) is 11.5 Å². The summed E-state index contributed by atoms with van der Waals surface area (Å²) in [5.74, 6) is 0.868. The van der Waals surface area contributed by atoms with E-state index in [1.165, 1.54) is 24.8 Å². The smallest absolute Gasteiger partial charge is 0.294 e. The molecule has 2 aliphatic heterocycles. The fourth-order valence-corrected chi connectivity index (χ4v) is 3.79. The summed E-state index contributed by atoms with van der Waals surface area (Å²) in [7, 11) is 0. The third-order valence-electron chi connectivity index (χ3n) is 5.41. The van der Waals surface area contributed by atoms with E-state index in [-0.39, 0.29) is 5.91 Å². The molecule has 5 heteroatoms. The summed E-state index contributed by atoms with van der Waals surface area (Å²) in [6, 6.07) is 13.5. The third kappa shape index (κ3) is 4.04. The molecule has 2 heterocycles. The van der Waals surface area contributed by atoms with E-state index in [1.807, 2.05) is 54.3 Å². The molecule has 1 fully saturated rings. The van der Waals surface area contributed by atoms with Gasteiger partial charge < -0.3 is 20.3 Å². The summed E-state index contributed by atoms with van der Waals surface area (Å²) in [5.41, 5.74) is 9.49. The lowest BCUT2D eigenvalue weighted by Gasteiger charge is -2.33. The predicted octanol–water partition coefficient (Wildman–Crippen LogP) is 3.83. The number of fused-ring (bicyclic) bond motifs is 1. The Morgan fingerprint density at radius 3 is 2.54 bits per heavy atom. The molecule has 0 spiro atoms. The van der Waals surface area contributed by atoms with Gasteiger partial charge in [0.25, 0.3) is 5.91 Å². The molecule has 4 rings (SSSR count). The van der Waals surface area contributed by atoms with Crippen molar-refractivity contribution < 1.29 is 9.53 Å². The van der Waals surface area contributed by atoms with Gasteiger partial charge in [0.2, 0.25) is 0 Å². The highest BCUT2D eigenvalue weighted by Gasteiger charge is 2.30. The molecule has 0 atom stereocenters. The predicted molar refractivity (Wildman–Crippen MR) is 113 cm³/mol. The number of amides is 1. The first-order valence-electron chi connectivity index (χ1n) is 10.00. The number of hydrogen-bond donors (Lipinski definition) is 1. The van der Waals surface area contributed by atoms with E-state index < -0.39 is 0 Å². The topological polar surface area (TPSA) is 58.8 Å². The van der Waals surface area contributed by atoms with Gasteiger partial charge in [0.05, 0.1) is 5.69 Å². The van der Waals surface area contributed by atoms with Crippen molar-refractivity contribution in [2.45, 2.75) is 26.2 Å². The number of nitrogens with zero attached hydrogens (tertiary/aromatic N) is 2. The van der Waals surface area contributed by atoms with E-state index >= 15 is 0 Å². The lowest BCUT2D eigenvalue weighted by Crippen LogP contribution is -2.43. The van der Waals surface area contributed by atoms with Crippen LogP contribution in [0.15, 0.2) is 48.2 Å². The van der Waals surface area contributed by atoms with E-state index in [0.717, 1.165) is 30.9 Å². The van der Waals surface area contributed by atoms with E-state index in [4.69, 9.17) is 10.5 Å². The summed E-state index contributed by atoms with van der Waals surface area (Å²) in [6.07, 6.45) is 5.59. The average Bonchev–Trinajstić information content (AvgIpc) is 2.70. The number of likely N-dealkylation sites (tertiary alicyclic amines) is 1. The van der Waals surface area contributed by atoms with Gasteiger partial charge in [-0.15, -0.1) is 0 Å². The van der Waals surface area contributed by atoms with Crippen LogP contribution in [0.25, 0.3) is 6.08 Å². The number of nitrogen functional groups attached to an aromatic ring is 1. The van der Waals surface area contributed by atoms with Gasteiger partial charge in [-0.2, -0.15) is 0 Å². The van der Waals surface area contributed by atoms with Crippen LogP contribution in [-0.4, -0.2) is 37.0 Å². The van der Waals surface area contributed by atoms with Crippen LogP contribution in [0.5, 0.6) is 5.75 Å². The van der Waals surface area contributed by atoms with Crippen molar-refractivity contribution >= 4 is 23.4 Å². The van der Waals surface area contributed by atoms with Crippen LogP contribution in [0, 0.1) is 6.92 Å². The summed E-state index contributed by atoms with van der Waals surface area (Å²) >= 11 is 0. The molecular formula is C23H27N3O2. The molecule has 0 bridgehead atoms. The average molecular weight is 377 g/mol. The first-order chi connectivity index (χ1) is 13.6. The minimum absolute atomic E-state index is 0.102. The van der Waals surface area contributed by atoms with Gasteiger partial charge in [-0.05, 0) is 56.6 Å². The maximum absolute atomic E-state index is 13.2. The lowest BCUT2D eigenvalue weighted by atomic mass is 10.1. The Balaban J connectivity index is 1.61. The van der Waals surface area contributed by atoms with Crippen molar-refractivity contribution in [2.24, 2.45) is 0 Å². The molecule has 0 aliphatic carbocycles. The number of nitrogens with two attached hydrogens (primary N) is 1. The van der Waals surface area contributed by atoms with E-state index in [2.05, 4.69) is 4.90 Å². The number of anilines is 2. The number of carbonyl (C=O) groups excluding carboxylic acids is 1. The van der Waals surface area contributed by atoms with Crippen molar-refractivity contribution in [1.82, 2.24) is 4.90 Å². The second kappa shape index (κ2) is 8.07. The van der Waals surface area contributed by atoms with Gasteiger partial charge in [-0.3, -0.25) is 4.79 Å². The molecule has 0 unspecified atom stereocenters. The fourth-order valence-electron chi connectivity index (χ4n) is 3.79. The lowest BCUT2D eigenvalue weighted by molar-refractivity contribution is -0.117. The van der Waals surface area contributed by atoms with Crippen LogP contribution in [-0.2, 0) is 4.79 Å². The molecule has 0 aromatic heterocycles. The van der Waals surface area contributed by atoms with Crippen molar-refractivity contribution in [3.63, 3.8) is 0 Å². The normalized spacial score (nSPS) is 18.8. The quantitative estimate of drug-likeness (QED) is 0.650. The van der Waals surface area contributed by atoms with E-state index in [9.17, 15) is 4.79 Å². The number of piperidine rings is 1. The van der Waals surface area contributed by atoms with Gasteiger partial charge >= 0.3 is 0 Å². The Hall–Kier alpha value is -2.79. The highest BCUT2D eigenvalue weighted by atomic mass is 16.5. The molecule has 1 amide bonds. The summed E-state index contributed by atoms with van der Waals surface area (Å²) < 4.78 is 5.96. The second-order valence-corrected chi connectivity index (χ2v) is 7.61. The van der Waals surface area contributed by atoms with Crippen LogP contribution in [0.4, 0.5) is 11.4 Å². The molecule has 28 heavy (non-hydrogen) atoms. The summed E-state index contributed by atoms with van der Waals surface area (Å²) in [6.45, 7) is 5.77. The minimum atomic E-state index is -0.102. The zero-order valence-electron chi connectivity index (χ0n) is 16.4. The molecule has 146 valence electrons. The summed E-state index contributed by atoms with van der Waals surface area (Å²) in [5, 5.41) is 0. The number of rotatable bonds is 4. The Bertz CT molecular complexity index is 883. The zero-order chi connectivity index (χ0) is 19.5.